The van der Waals surface area contributed by atoms with E-state index in [1.54, 1.807) is 0 Å². The topological polar surface area (TPSA) is 38.8 Å². The van der Waals surface area contributed by atoms with Gasteiger partial charge in [-0.1, -0.05) is 19.9 Å². The van der Waals surface area contributed by atoms with Crippen molar-refractivity contribution in [2.45, 2.75) is 45.6 Å². The Morgan fingerprint density at radius 3 is 2.73 bits per heavy atom. The maximum absolute atomic E-state index is 12.6. The van der Waals surface area contributed by atoms with Gasteiger partial charge in [-0.15, -0.1) is 0 Å². The zero-order chi connectivity index (χ0) is 15.8. The van der Waals surface area contributed by atoms with Gasteiger partial charge in [0.1, 0.15) is 12.4 Å². The first-order valence-corrected chi connectivity index (χ1v) is 8.38. The van der Waals surface area contributed by atoms with Gasteiger partial charge in [0.25, 0.3) is 5.91 Å². The molecule has 4 heteroatoms. The van der Waals surface area contributed by atoms with Crippen LogP contribution in [0.4, 0.5) is 0 Å². The summed E-state index contributed by atoms with van der Waals surface area (Å²) in [6.45, 7) is 7.18. The Hall–Kier alpha value is -1.55. The molecule has 4 nitrogen and oxygen atoms in total. The van der Waals surface area contributed by atoms with E-state index in [0.29, 0.717) is 12.2 Å². The van der Waals surface area contributed by atoms with Crippen molar-refractivity contribution in [1.29, 1.82) is 0 Å². The summed E-state index contributed by atoms with van der Waals surface area (Å²) >= 11 is 0. The third kappa shape index (κ3) is 4.73. The standard InChI is InChI=1S/C18H27NO3/c1-3-10-19(11-4-2)18(20)15-7-5-8-16(13-15)22-14-17-9-6-12-21-17/h5,7-8,13,17H,3-4,6,9-12,14H2,1-2H3. The third-order valence-corrected chi connectivity index (χ3v) is 3.82. The zero-order valence-electron chi connectivity index (χ0n) is 13.7. The number of ether oxygens (including phenoxy) is 2. The third-order valence-electron chi connectivity index (χ3n) is 3.82. The van der Waals surface area contributed by atoms with Crippen LogP contribution in [0.15, 0.2) is 24.3 Å². The highest BCUT2D eigenvalue weighted by Crippen LogP contribution is 2.18. The largest absolute Gasteiger partial charge is 0.491 e. The predicted molar refractivity (Wildman–Crippen MR) is 87.4 cm³/mol. The Morgan fingerprint density at radius 2 is 2.09 bits per heavy atom. The molecule has 1 fully saturated rings. The zero-order valence-corrected chi connectivity index (χ0v) is 13.7. The van der Waals surface area contributed by atoms with Gasteiger partial charge in [0.05, 0.1) is 6.10 Å². The summed E-state index contributed by atoms with van der Waals surface area (Å²) in [5, 5.41) is 0. The maximum Gasteiger partial charge on any atom is 0.253 e. The summed E-state index contributed by atoms with van der Waals surface area (Å²) in [5.41, 5.74) is 0.701. The minimum atomic E-state index is 0.0891. The number of amides is 1. The molecular weight excluding hydrogens is 278 g/mol. The number of hydrogen-bond acceptors (Lipinski definition) is 3. The summed E-state index contributed by atoms with van der Waals surface area (Å²) < 4.78 is 11.3. The highest BCUT2D eigenvalue weighted by Gasteiger charge is 2.17. The quantitative estimate of drug-likeness (QED) is 0.738. The summed E-state index contributed by atoms with van der Waals surface area (Å²) in [6.07, 6.45) is 4.30. The summed E-state index contributed by atoms with van der Waals surface area (Å²) in [7, 11) is 0. The van der Waals surface area contributed by atoms with Crippen LogP contribution >= 0.6 is 0 Å². The van der Waals surface area contributed by atoms with Gasteiger partial charge < -0.3 is 14.4 Å². The van der Waals surface area contributed by atoms with E-state index in [1.165, 1.54) is 0 Å². The van der Waals surface area contributed by atoms with E-state index in [0.717, 1.165) is 51.1 Å². The second-order valence-electron chi connectivity index (χ2n) is 5.77. The minimum Gasteiger partial charge on any atom is -0.491 e. The average Bonchev–Trinajstić information content (AvgIpc) is 3.06. The van der Waals surface area contributed by atoms with E-state index in [-0.39, 0.29) is 12.0 Å². The second-order valence-corrected chi connectivity index (χ2v) is 5.77. The van der Waals surface area contributed by atoms with Gasteiger partial charge in [0.15, 0.2) is 0 Å². The number of benzene rings is 1. The van der Waals surface area contributed by atoms with Gasteiger partial charge in [0.2, 0.25) is 0 Å². The molecule has 1 aliphatic heterocycles. The lowest BCUT2D eigenvalue weighted by atomic mass is 10.1. The van der Waals surface area contributed by atoms with Crippen LogP contribution in [-0.4, -0.2) is 43.2 Å². The van der Waals surface area contributed by atoms with Crippen LogP contribution in [0.1, 0.15) is 49.9 Å². The first-order valence-electron chi connectivity index (χ1n) is 8.38. The molecule has 0 aliphatic carbocycles. The smallest absolute Gasteiger partial charge is 0.253 e. The molecule has 0 saturated carbocycles. The Labute approximate surface area is 133 Å². The molecule has 1 aliphatic rings. The Kier molecular flexibility index (Phi) is 6.72. The molecule has 1 atom stereocenters. The van der Waals surface area contributed by atoms with Crippen molar-refractivity contribution in [3.8, 4) is 5.75 Å². The average molecular weight is 305 g/mol. The van der Waals surface area contributed by atoms with Crippen molar-refractivity contribution in [1.82, 2.24) is 4.90 Å². The molecule has 0 radical (unpaired) electrons. The normalized spacial score (nSPS) is 17.5. The van der Waals surface area contributed by atoms with E-state index < -0.39 is 0 Å². The van der Waals surface area contributed by atoms with Crippen LogP contribution in [0.25, 0.3) is 0 Å². The Balaban J connectivity index is 1.97. The van der Waals surface area contributed by atoms with Gasteiger partial charge in [-0.2, -0.15) is 0 Å². The molecule has 1 saturated heterocycles. The molecule has 1 amide bonds. The van der Waals surface area contributed by atoms with Crippen LogP contribution in [-0.2, 0) is 4.74 Å². The molecule has 0 bridgehead atoms. The molecule has 22 heavy (non-hydrogen) atoms. The number of hydrogen-bond donors (Lipinski definition) is 0. The summed E-state index contributed by atoms with van der Waals surface area (Å²) in [4.78, 5) is 14.5. The van der Waals surface area contributed by atoms with Crippen molar-refractivity contribution < 1.29 is 14.3 Å². The van der Waals surface area contributed by atoms with Crippen LogP contribution < -0.4 is 4.74 Å². The molecule has 2 rings (SSSR count). The van der Waals surface area contributed by atoms with E-state index in [4.69, 9.17) is 9.47 Å². The van der Waals surface area contributed by atoms with Crippen molar-refractivity contribution in [2.24, 2.45) is 0 Å². The maximum atomic E-state index is 12.6. The Bertz CT molecular complexity index is 463. The van der Waals surface area contributed by atoms with Crippen LogP contribution in [0.2, 0.25) is 0 Å². The van der Waals surface area contributed by atoms with E-state index in [2.05, 4.69) is 13.8 Å². The summed E-state index contributed by atoms with van der Waals surface area (Å²) in [6, 6.07) is 7.49. The fourth-order valence-corrected chi connectivity index (χ4v) is 2.72. The van der Waals surface area contributed by atoms with Gasteiger partial charge in [0, 0.05) is 25.3 Å². The predicted octanol–water partition coefficient (Wildman–Crippen LogP) is 3.51. The van der Waals surface area contributed by atoms with Crippen molar-refractivity contribution in [3.05, 3.63) is 29.8 Å². The number of rotatable bonds is 8. The lowest BCUT2D eigenvalue weighted by Crippen LogP contribution is -2.32. The molecule has 0 N–H and O–H groups in total. The van der Waals surface area contributed by atoms with Gasteiger partial charge in [-0.25, -0.2) is 0 Å². The van der Waals surface area contributed by atoms with E-state index in [9.17, 15) is 4.79 Å². The highest BCUT2D eigenvalue weighted by molar-refractivity contribution is 5.94. The monoisotopic (exact) mass is 305 g/mol. The minimum absolute atomic E-state index is 0.0891. The van der Waals surface area contributed by atoms with Crippen molar-refractivity contribution in [2.75, 3.05) is 26.3 Å². The molecule has 1 aromatic rings. The molecule has 1 unspecified atom stereocenters. The fraction of sp³-hybridized carbons (Fsp3) is 0.611. The number of nitrogens with zero attached hydrogens (tertiary/aromatic N) is 1. The van der Waals surface area contributed by atoms with Crippen LogP contribution in [0, 0.1) is 0 Å². The molecule has 0 aromatic heterocycles. The van der Waals surface area contributed by atoms with Gasteiger partial charge >= 0.3 is 0 Å². The van der Waals surface area contributed by atoms with E-state index >= 15 is 0 Å². The van der Waals surface area contributed by atoms with Gasteiger partial charge in [-0.3, -0.25) is 4.79 Å². The van der Waals surface area contributed by atoms with Crippen LogP contribution in [0.3, 0.4) is 0 Å². The first kappa shape index (κ1) is 16.8. The van der Waals surface area contributed by atoms with E-state index in [1.807, 2.05) is 29.2 Å². The van der Waals surface area contributed by atoms with Crippen LogP contribution in [0.5, 0.6) is 5.75 Å². The second kappa shape index (κ2) is 8.79. The first-order chi connectivity index (χ1) is 10.7. The number of carbonyl (C=O) groups excluding carboxylic acids is 1. The highest BCUT2D eigenvalue weighted by atomic mass is 16.5. The lowest BCUT2D eigenvalue weighted by molar-refractivity contribution is 0.0677. The van der Waals surface area contributed by atoms with Crippen molar-refractivity contribution in [3.63, 3.8) is 0 Å². The molecule has 1 aromatic carbocycles. The molecule has 122 valence electrons. The SMILES string of the molecule is CCCN(CCC)C(=O)c1cccc(OCC2CCCO2)c1. The van der Waals surface area contributed by atoms with Gasteiger partial charge in [-0.05, 0) is 43.9 Å². The summed E-state index contributed by atoms with van der Waals surface area (Å²) in [5.74, 6) is 0.834. The number of carbonyl (C=O) groups is 1. The molecular formula is C18H27NO3. The Morgan fingerprint density at radius 1 is 1.32 bits per heavy atom. The van der Waals surface area contributed by atoms with Crippen molar-refractivity contribution >= 4 is 5.91 Å². The molecule has 0 spiro atoms. The fourth-order valence-electron chi connectivity index (χ4n) is 2.72. The lowest BCUT2D eigenvalue weighted by Gasteiger charge is -2.21. The molecule has 1 heterocycles.